The lowest BCUT2D eigenvalue weighted by atomic mass is 9.92. The molecule has 3 rings (SSSR count). The number of alkyl halides is 2. The van der Waals surface area contributed by atoms with Gasteiger partial charge in [0.25, 0.3) is 5.92 Å². The highest BCUT2D eigenvalue weighted by Gasteiger charge is 2.44. The second-order valence-electron chi connectivity index (χ2n) is 4.79. The third-order valence-corrected chi connectivity index (χ3v) is 3.54. The maximum atomic E-state index is 13.2. The molecule has 0 bridgehead atoms. The lowest BCUT2D eigenvalue weighted by molar-refractivity contribution is -0.00654. The molecule has 92 valence electrons. The molecule has 0 unspecified atom stereocenters. The maximum absolute atomic E-state index is 13.2. The fourth-order valence-corrected chi connectivity index (χ4v) is 2.72. The molecule has 0 saturated carbocycles. The summed E-state index contributed by atoms with van der Waals surface area (Å²) in [6.45, 7) is 0.380. The zero-order valence-electron chi connectivity index (χ0n) is 9.46. The van der Waals surface area contributed by atoms with Gasteiger partial charge in [-0.15, -0.1) is 0 Å². The summed E-state index contributed by atoms with van der Waals surface area (Å²) in [7, 11) is 0. The fraction of sp³-hybridized carbons (Fsp3) is 0.538. The van der Waals surface area contributed by atoms with Crippen molar-refractivity contribution in [2.75, 3.05) is 13.2 Å². The molecule has 2 atom stereocenters. The third kappa shape index (κ3) is 2.07. The van der Waals surface area contributed by atoms with E-state index in [2.05, 4.69) is 11.4 Å². The predicted molar refractivity (Wildman–Crippen MR) is 60.2 cm³/mol. The Bertz CT molecular complexity index is 422. The lowest BCUT2D eigenvalue weighted by Crippen LogP contribution is -2.33. The van der Waals surface area contributed by atoms with Gasteiger partial charge in [-0.3, -0.25) is 0 Å². The summed E-state index contributed by atoms with van der Waals surface area (Å²) in [6, 6.07) is 7.69. The van der Waals surface area contributed by atoms with Crippen LogP contribution in [0.2, 0.25) is 0 Å². The summed E-state index contributed by atoms with van der Waals surface area (Å²) in [5, 5.41) is 2.88. The van der Waals surface area contributed by atoms with Crippen LogP contribution in [0, 0.1) is 0 Å². The summed E-state index contributed by atoms with van der Waals surface area (Å²) in [6.07, 6.45) is 0.509. The quantitative estimate of drug-likeness (QED) is 0.812. The van der Waals surface area contributed by atoms with Gasteiger partial charge in [-0.1, -0.05) is 24.3 Å². The molecule has 1 aromatic carbocycles. The predicted octanol–water partition coefficient (Wildman–Crippen LogP) is 2.30. The number of hydrogen-bond donors (Lipinski definition) is 1. The van der Waals surface area contributed by atoms with Crippen LogP contribution in [0.25, 0.3) is 0 Å². The van der Waals surface area contributed by atoms with Crippen LogP contribution in [0.4, 0.5) is 8.78 Å². The standard InChI is InChI=1S/C13H15F2NO/c14-13(15)7-11(16-8-13)12-10-4-2-1-3-9(10)5-6-17-12/h1-4,11-12,16H,5-8H2/t11-,12+/m0/s1. The van der Waals surface area contributed by atoms with Gasteiger partial charge in [0.2, 0.25) is 0 Å². The van der Waals surface area contributed by atoms with E-state index in [0.29, 0.717) is 6.61 Å². The van der Waals surface area contributed by atoms with Crippen molar-refractivity contribution >= 4 is 0 Å². The largest absolute Gasteiger partial charge is 0.372 e. The second-order valence-corrected chi connectivity index (χ2v) is 4.79. The molecule has 0 radical (unpaired) electrons. The Morgan fingerprint density at radius 1 is 1.29 bits per heavy atom. The third-order valence-electron chi connectivity index (χ3n) is 3.54. The van der Waals surface area contributed by atoms with Crippen molar-refractivity contribution in [1.82, 2.24) is 5.32 Å². The van der Waals surface area contributed by atoms with Crippen molar-refractivity contribution in [1.29, 1.82) is 0 Å². The Morgan fingerprint density at radius 3 is 2.88 bits per heavy atom. The van der Waals surface area contributed by atoms with E-state index in [-0.39, 0.29) is 25.1 Å². The number of halogens is 2. The molecule has 4 heteroatoms. The van der Waals surface area contributed by atoms with Gasteiger partial charge in [0.05, 0.1) is 19.3 Å². The van der Waals surface area contributed by atoms with Crippen molar-refractivity contribution < 1.29 is 13.5 Å². The average Bonchev–Trinajstić information content (AvgIpc) is 2.69. The Balaban J connectivity index is 1.86. The van der Waals surface area contributed by atoms with E-state index in [4.69, 9.17) is 4.74 Å². The highest BCUT2D eigenvalue weighted by atomic mass is 19.3. The highest BCUT2D eigenvalue weighted by molar-refractivity contribution is 5.32. The number of nitrogens with one attached hydrogen (secondary N) is 1. The molecule has 17 heavy (non-hydrogen) atoms. The van der Waals surface area contributed by atoms with Gasteiger partial charge in [0.15, 0.2) is 0 Å². The molecule has 1 N–H and O–H groups in total. The molecule has 2 heterocycles. The minimum absolute atomic E-state index is 0.133. The summed E-state index contributed by atoms with van der Waals surface area (Å²) >= 11 is 0. The van der Waals surface area contributed by atoms with Crippen LogP contribution in [0.5, 0.6) is 0 Å². The van der Waals surface area contributed by atoms with Gasteiger partial charge in [-0.25, -0.2) is 8.78 Å². The van der Waals surface area contributed by atoms with Crippen LogP contribution in [-0.2, 0) is 11.2 Å². The summed E-state index contributed by atoms with van der Waals surface area (Å²) in [5.74, 6) is -2.60. The Hall–Kier alpha value is -1.00. The van der Waals surface area contributed by atoms with E-state index in [1.54, 1.807) is 0 Å². The molecule has 0 spiro atoms. The molecule has 0 aromatic heterocycles. The molecule has 0 aliphatic carbocycles. The van der Waals surface area contributed by atoms with Crippen LogP contribution in [-0.4, -0.2) is 25.1 Å². The number of rotatable bonds is 1. The van der Waals surface area contributed by atoms with Gasteiger partial charge in [-0.2, -0.15) is 0 Å². The van der Waals surface area contributed by atoms with Crippen molar-refractivity contribution in [2.45, 2.75) is 30.9 Å². The molecular formula is C13H15F2NO. The molecule has 2 aliphatic rings. The molecule has 1 aromatic rings. The van der Waals surface area contributed by atoms with Crippen LogP contribution in [0.3, 0.4) is 0 Å². The van der Waals surface area contributed by atoms with Crippen LogP contribution in [0.1, 0.15) is 23.7 Å². The summed E-state index contributed by atoms with van der Waals surface area (Å²) < 4.78 is 32.1. The Kier molecular flexibility index (Phi) is 2.64. The van der Waals surface area contributed by atoms with Crippen LogP contribution in [0.15, 0.2) is 24.3 Å². The maximum Gasteiger partial charge on any atom is 0.261 e. The van der Waals surface area contributed by atoms with Crippen molar-refractivity contribution in [2.24, 2.45) is 0 Å². The van der Waals surface area contributed by atoms with E-state index >= 15 is 0 Å². The van der Waals surface area contributed by atoms with E-state index in [0.717, 1.165) is 12.0 Å². The van der Waals surface area contributed by atoms with Crippen molar-refractivity contribution in [3.8, 4) is 0 Å². The second kappa shape index (κ2) is 4.03. The van der Waals surface area contributed by atoms with Crippen molar-refractivity contribution in [3.63, 3.8) is 0 Å². The van der Waals surface area contributed by atoms with Crippen LogP contribution < -0.4 is 5.32 Å². The van der Waals surface area contributed by atoms with E-state index in [9.17, 15) is 8.78 Å². The van der Waals surface area contributed by atoms with Gasteiger partial charge >= 0.3 is 0 Å². The first-order chi connectivity index (χ1) is 8.16. The smallest absolute Gasteiger partial charge is 0.261 e. The van der Waals surface area contributed by atoms with E-state index < -0.39 is 5.92 Å². The van der Waals surface area contributed by atoms with Crippen molar-refractivity contribution in [3.05, 3.63) is 35.4 Å². The lowest BCUT2D eigenvalue weighted by Gasteiger charge is -2.30. The number of hydrogen-bond acceptors (Lipinski definition) is 2. The van der Waals surface area contributed by atoms with Gasteiger partial charge in [-0.05, 0) is 17.5 Å². The topological polar surface area (TPSA) is 21.3 Å². The zero-order valence-corrected chi connectivity index (χ0v) is 9.46. The monoisotopic (exact) mass is 239 g/mol. The average molecular weight is 239 g/mol. The molecular weight excluding hydrogens is 224 g/mol. The van der Waals surface area contributed by atoms with Gasteiger partial charge < -0.3 is 10.1 Å². The minimum atomic E-state index is -2.60. The Labute approximate surface area is 99.0 Å². The van der Waals surface area contributed by atoms with Gasteiger partial charge in [0.1, 0.15) is 0 Å². The van der Waals surface area contributed by atoms with Gasteiger partial charge in [0, 0.05) is 12.5 Å². The molecule has 0 amide bonds. The first-order valence-electron chi connectivity index (χ1n) is 5.96. The SMILES string of the molecule is FC1(F)CN[C@H]([C@@H]2OCCc3ccccc32)C1. The van der Waals surface area contributed by atoms with Crippen LogP contribution >= 0.6 is 0 Å². The minimum Gasteiger partial charge on any atom is -0.372 e. The summed E-state index contributed by atoms with van der Waals surface area (Å²) in [4.78, 5) is 0. The first-order valence-corrected chi connectivity index (χ1v) is 5.96. The normalized spacial score (nSPS) is 31.2. The molecule has 2 aliphatic heterocycles. The molecule has 1 fully saturated rings. The number of benzene rings is 1. The molecule has 1 saturated heterocycles. The zero-order chi connectivity index (χ0) is 11.9. The van der Waals surface area contributed by atoms with E-state index in [1.165, 1.54) is 5.56 Å². The highest BCUT2D eigenvalue weighted by Crippen LogP contribution is 2.36. The van der Waals surface area contributed by atoms with E-state index in [1.807, 2.05) is 18.2 Å². The first kappa shape index (κ1) is 11.1. The molecule has 2 nitrogen and oxygen atoms in total. The summed E-state index contributed by atoms with van der Waals surface area (Å²) in [5.41, 5.74) is 2.29. The fourth-order valence-electron chi connectivity index (χ4n) is 2.72. The Morgan fingerprint density at radius 2 is 2.12 bits per heavy atom. The number of fused-ring (bicyclic) bond motifs is 1. The number of ether oxygens (including phenoxy) is 1.